The Hall–Kier alpha value is -2.22. The smallest absolute Gasteiger partial charge is 0.272 e. The van der Waals surface area contributed by atoms with Crippen molar-refractivity contribution in [2.24, 2.45) is 5.73 Å². The van der Waals surface area contributed by atoms with Gasteiger partial charge in [0, 0.05) is 19.6 Å². The topological polar surface area (TPSA) is 94.9 Å². The van der Waals surface area contributed by atoms with Gasteiger partial charge in [0.2, 0.25) is 0 Å². The van der Waals surface area contributed by atoms with Crippen LogP contribution in [-0.4, -0.2) is 48.7 Å². The van der Waals surface area contributed by atoms with E-state index in [1.165, 1.54) is 0 Å². The Bertz CT molecular complexity index is 791. The molecule has 0 atom stereocenters. The first-order valence-electron chi connectivity index (χ1n) is 9.79. The van der Waals surface area contributed by atoms with E-state index in [0.29, 0.717) is 31.2 Å². The normalized spacial score (nSPS) is 16.3. The van der Waals surface area contributed by atoms with Crippen molar-refractivity contribution in [1.29, 1.82) is 0 Å². The third kappa shape index (κ3) is 4.05. The summed E-state index contributed by atoms with van der Waals surface area (Å²) in [5.74, 6) is 0.375. The summed E-state index contributed by atoms with van der Waals surface area (Å²) in [6.45, 7) is 12.2. The van der Waals surface area contributed by atoms with Crippen LogP contribution in [0.2, 0.25) is 0 Å². The van der Waals surface area contributed by atoms with E-state index >= 15 is 0 Å². The molecule has 148 valence electrons. The summed E-state index contributed by atoms with van der Waals surface area (Å²) >= 11 is 0. The van der Waals surface area contributed by atoms with Gasteiger partial charge in [0.25, 0.3) is 5.91 Å². The van der Waals surface area contributed by atoms with Gasteiger partial charge in [-0.2, -0.15) is 5.10 Å². The molecule has 8 heteroatoms. The van der Waals surface area contributed by atoms with Gasteiger partial charge >= 0.3 is 0 Å². The average molecular weight is 374 g/mol. The van der Waals surface area contributed by atoms with Gasteiger partial charge in [-0.25, -0.2) is 4.68 Å². The SMILES string of the molecule is CCn1nc(C(C)C)cc1C(=O)N1CCC(n2cc(C(C)(C)N)nn2)CC1. The molecule has 27 heavy (non-hydrogen) atoms. The van der Waals surface area contributed by atoms with Gasteiger partial charge in [0.05, 0.1) is 23.5 Å². The molecular formula is C19H31N7O. The molecule has 3 heterocycles. The summed E-state index contributed by atoms with van der Waals surface area (Å²) < 4.78 is 3.72. The lowest BCUT2D eigenvalue weighted by Crippen LogP contribution is -2.40. The molecule has 1 aliphatic heterocycles. The van der Waals surface area contributed by atoms with Crippen LogP contribution in [0, 0.1) is 0 Å². The van der Waals surface area contributed by atoms with Gasteiger partial charge in [-0.3, -0.25) is 9.48 Å². The van der Waals surface area contributed by atoms with Crippen molar-refractivity contribution in [3.8, 4) is 0 Å². The van der Waals surface area contributed by atoms with Gasteiger partial charge in [-0.1, -0.05) is 19.1 Å². The van der Waals surface area contributed by atoms with Crippen LogP contribution >= 0.6 is 0 Å². The van der Waals surface area contributed by atoms with Crippen LogP contribution in [0.1, 0.15) is 81.3 Å². The van der Waals surface area contributed by atoms with E-state index in [9.17, 15) is 4.79 Å². The fraction of sp³-hybridized carbons (Fsp3) is 0.684. The van der Waals surface area contributed by atoms with E-state index in [1.807, 2.05) is 47.3 Å². The summed E-state index contributed by atoms with van der Waals surface area (Å²) in [6.07, 6.45) is 3.65. The molecule has 0 saturated carbocycles. The standard InChI is InChI=1S/C19H31N7O/c1-6-25-16(11-15(22-25)13(2)3)18(27)24-9-7-14(8-10-24)26-12-17(21-23-26)19(4,5)20/h11-14H,6-10,20H2,1-5H3. The molecule has 0 aliphatic carbocycles. The number of hydrogen-bond acceptors (Lipinski definition) is 5. The highest BCUT2D eigenvalue weighted by Gasteiger charge is 2.28. The first-order valence-corrected chi connectivity index (χ1v) is 9.79. The zero-order valence-corrected chi connectivity index (χ0v) is 17.0. The molecule has 0 unspecified atom stereocenters. The lowest BCUT2D eigenvalue weighted by Gasteiger charge is -2.31. The molecule has 8 nitrogen and oxygen atoms in total. The van der Waals surface area contributed by atoms with E-state index < -0.39 is 5.54 Å². The predicted octanol–water partition coefficient (Wildman–Crippen LogP) is 2.29. The third-order valence-electron chi connectivity index (χ3n) is 5.21. The molecule has 0 bridgehead atoms. The van der Waals surface area contributed by atoms with Crippen molar-refractivity contribution < 1.29 is 4.79 Å². The maximum Gasteiger partial charge on any atom is 0.272 e. The van der Waals surface area contributed by atoms with E-state index in [4.69, 9.17) is 5.73 Å². The quantitative estimate of drug-likeness (QED) is 0.868. The summed E-state index contributed by atoms with van der Waals surface area (Å²) in [5.41, 5.74) is 8.04. The molecule has 0 spiro atoms. The second kappa shape index (κ2) is 7.42. The fourth-order valence-electron chi connectivity index (χ4n) is 3.38. The van der Waals surface area contributed by atoms with Crippen LogP contribution in [0.4, 0.5) is 0 Å². The highest BCUT2D eigenvalue weighted by Crippen LogP contribution is 2.25. The number of aryl methyl sites for hydroxylation is 1. The number of piperidine rings is 1. The van der Waals surface area contributed by atoms with Gasteiger partial charge in [0.1, 0.15) is 11.4 Å². The van der Waals surface area contributed by atoms with Crippen molar-refractivity contribution in [3.05, 3.63) is 29.3 Å². The number of aromatic nitrogens is 5. The Balaban J connectivity index is 1.67. The number of amides is 1. The zero-order chi connectivity index (χ0) is 19.8. The zero-order valence-electron chi connectivity index (χ0n) is 17.0. The molecule has 2 N–H and O–H groups in total. The summed E-state index contributed by atoms with van der Waals surface area (Å²) in [6, 6.07) is 2.19. The predicted molar refractivity (Wildman–Crippen MR) is 103 cm³/mol. The molecule has 1 saturated heterocycles. The molecule has 1 amide bonds. The molecule has 3 rings (SSSR count). The van der Waals surface area contributed by atoms with Crippen LogP contribution in [0.5, 0.6) is 0 Å². The van der Waals surface area contributed by atoms with Crippen LogP contribution < -0.4 is 5.73 Å². The second-order valence-electron chi connectivity index (χ2n) is 8.25. The minimum Gasteiger partial charge on any atom is -0.337 e. The molecular weight excluding hydrogens is 342 g/mol. The van der Waals surface area contributed by atoms with Gasteiger partial charge in [-0.05, 0) is 45.6 Å². The maximum absolute atomic E-state index is 13.0. The van der Waals surface area contributed by atoms with Crippen molar-refractivity contribution in [2.45, 2.75) is 71.5 Å². The van der Waals surface area contributed by atoms with E-state index in [1.54, 1.807) is 0 Å². The van der Waals surface area contributed by atoms with Crippen molar-refractivity contribution in [3.63, 3.8) is 0 Å². The van der Waals surface area contributed by atoms with Crippen molar-refractivity contribution in [2.75, 3.05) is 13.1 Å². The maximum atomic E-state index is 13.0. The molecule has 0 radical (unpaired) electrons. The fourth-order valence-corrected chi connectivity index (χ4v) is 3.38. The lowest BCUT2D eigenvalue weighted by molar-refractivity contribution is 0.0676. The van der Waals surface area contributed by atoms with Crippen molar-refractivity contribution >= 4 is 5.91 Å². The Morgan fingerprint density at radius 2 is 2.00 bits per heavy atom. The number of likely N-dealkylation sites (tertiary alicyclic amines) is 1. The lowest BCUT2D eigenvalue weighted by atomic mass is 10.0. The Morgan fingerprint density at radius 3 is 2.52 bits per heavy atom. The van der Waals surface area contributed by atoms with E-state index in [-0.39, 0.29) is 11.9 Å². The highest BCUT2D eigenvalue weighted by molar-refractivity contribution is 5.92. The first kappa shape index (κ1) is 19.5. The minimum atomic E-state index is -0.498. The monoisotopic (exact) mass is 373 g/mol. The average Bonchev–Trinajstić information content (AvgIpc) is 3.28. The Kier molecular flexibility index (Phi) is 5.37. The summed E-state index contributed by atoms with van der Waals surface area (Å²) in [7, 11) is 0. The van der Waals surface area contributed by atoms with Gasteiger partial charge in [0.15, 0.2) is 0 Å². The first-order chi connectivity index (χ1) is 12.7. The van der Waals surface area contributed by atoms with Crippen molar-refractivity contribution in [1.82, 2.24) is 29.7 Å². The summed E-state index contributed by atoms with van der Waals surface area (Å²) in [5, 5.41) is 13.0. The molecule has 1 fully saturated rings. The van der Waals surface area contributed by atoms with Gasteiger partial charge in [-0.15, -0.1) is 5.10 Å². The minimum absolute atomic E-state index is 0.0667. The Labute approximate surface area is 160 Å². The number of hydrogen-bond donors (Lipinski definition) is 1. The van der Waals surface area contributed by atoms with Crippen LogP contribution in [0.3, 0.4) is 0 Å². The molecule has 1 aliphatic rings. The number of nitrogens with two attached hydrogens (primary N) is 1. The number of nitrogens with zero attached hydrogens (tertiary/aromatic N) is 6. The number of rotatable bonds is 5. The largest absolute Gasteiger partial charge is 0.337 e. The second-order valence-corrected chi connectivity index (χ2v) is 8.25. The molecule has 2 aromatic rings. The highest BCUT2D eigenvalue weighted by atomic mass is 16.2. The molecule has 2 aromatic heterocycles. The Morgan fingerprint density at radius 1 is 1.33 bits per heavy atom. The van der Waals surface area contributed by atoms with Gasteiger partial charge < -0.3 is 10.6 Å². The van der Waals surface area contributed by atoms with Crippen LogP contribution in [0.25, 0.3) is 0 Å². The van der Waals surface area contributed by atoms with Crippen LogP contribution in [0.15, 0.2) is 12.3 Å². The van der Waals surface area contributed by atoms with E-state index in [2.05, 4.69) is 29.3 Å². The van der Waals surface area contributed by atoms with Crippen LogP contribution in [-0.2, 0) is 12.1 Å². The third-order valence-corrected chi connectivity index (χ3v) is 5.21. The number of carbonyl (C=O) groups is 1. The number of carbonyl (C=O) groups excluding carboxylic acids is 1. The summed E-state index contributed by atoms with van der Waals surface area (Å²) in [4.78, 5) is 14.9. The molecule has 0 aromatic carbocycles. The van der Waals surface area contributed by atoms with E-state index in [0.717, 1.165) is 24.2 Å².